The van der Waals surface area contributed by atoms with Gasteiger partial charge in [0.05, 0.1) is 0 Å². The second-order valence-electron chi connectivity index (χ2n) is 11.1. The lowest BCUT2D eigenvalue weighted by atomic mass is 9.79. The molecule has 268 valence electrons. The summed E-state index contributed by atoms with van der Waals surface area (Å²) in [5.41, 5.74) is -2.04. The number of hydrogen-bond donors (Lipinski definition) is 0. The molecule has 0 saturated carbocycles. The number of hydrogen-bond acceptors (Lipinski definition) is 19. The highest BCUT2D eigenvalue weighted by Gasteiger charge is 2.80. The minimum Gasteiger partial charge on any atom is -0.463 e. The van der Waals surface area contributed by atoms with Crippen LogP contribution in [0.2, 0.25) is 0 Å². The van der Waals surface area contributed by atoms with Crippen molar-refractivity contribution in [2.45, 2.75) is 122 Å². The fourth-order valence-corrected chi connectivity index (χ4v) is 5.71. The Bertz CT molecular complexity index is 1290. The third-order valence-corrected chi connectivity index (χ3v) is 7.15. The van der Waals surface area contributed by atoms with Gasteiger partial charge in [-0.3, -0.25) is 38.4 Å². The molecule has 3 heterocycles. The van der Waals surface area contributed by atoms with Crippen LogP contribution in [0, 0.1) is 0 Å². The Balaban J connectivity index is 2.27. The number of esters is 8. The summed E-state index contributed by atoms with van der Waals surface area (Å²) in [6.45, 7) is 7.16. The van der Waals surface area contributed by atoms with Gasteiger partial charge in [-0.1, -0.05) is 0 Å². The zero-order valence-electron chi connectivity index (χ0n) is 27.4. The first-order valence-corrected chi connectivity index (χ1v) is 14.7. The third kappa shape index (κ3) is 9.16. The van der Waals surface area contributed by atoms with Crippen LogP contribution >= 0.6 is 0 Å². The van der Waals surface area contributed by atoms with E-state index < -0.39 is 128 Å². The van der Waals surface area contributed by atoms with Crippen LogP contribution in [0.15, 0.2) is 0 Å². The molecule has 19 heteroatoms. The molecule has 0 amide bonds. The summed E-state index contributed by atoms with van der Waals surface area (Å²) in [4.78, 5) is 97.7. The zero-order valence-corrected chi connectivity index (χ0v) is 27.4. The van der Waals surface area contributed by atoms with Crippen LogP contribution < -0.4 is 0 Å². The lowest BCUT2D eigenvalue weighted by Crippen LogP contribution is -2.70. The van der Waals surface area contributed by atoms with Crippen LogP contribution in [-0.2, 0) is 90.5 Å². The van der Waals surface area contributed by atoms with Gasteiger partial charge in [-0.2, -0.15) is 0 Å². The summed E-state index contributed by atoms with van der Waals surface area (Å²) in [6.07, 6.45) is -15.9. The molecule has 3 aliphatic rings. The largest absolute Gasteiger partial charge is 0.463 e. The molecule has 48 heavy (non-hydrogen) atoms. The van der Waals surface area contributed by atoms with E-state index in [2.05, 4.69) is 0 Å². The summed E-state index contributed by atoms with van der Waals surface area (Å²) < 4.78 is 61.4. The summed E-state index contributed by atoms with van der Waals surface area (Å²) >= 11 is 0. The van der Waals surface area contributed by atoms with Gasteiger partial charge in [0, 0.05) is 55.4 Å². The quantitative estimate of drug-likeness (QED) is 0.135. The second-order valence-corrected chi connectivity index (χ2v) is 11.1. The van der Waals surface area contributed by atoms with Gasteiger partial charge in [-0.15, -0.1) is 0 Å². The molecule has 11 atom stereocenters. The molecule has 0 bridgehead atoms. The van der Waals surface area contributed by atoms with Crippen LogP contribution in [0.1, 0.15) is 55.4 Å². The molecule has 3 fully saturated rings. The Labute approximate surface area is 273 Å². The average molecular weight is 691 g/mol. The molecule has 0 unspecified atom stereocenters. The Morgan fingerprint density at radius 1 is 0.542 bits per heavy atom. The van der Waals surface area contributed by atoms with Crippen LogP contribution in [-0.4, -0.2) is 128 Å². The zero-order chi connectivity index (χ0) is 36.1. The first kappa shape index (κ1) is 38.1. The maximum absolute atomic E-state index is 12.7. The molecule has 3 saturated heterocycles. The Morgan fingerprint density at radius 2 is 1.02 bits per heavy atom. The van der Waals surface area contributed by atoms with Crippen molar-refractivity contribution in [1.29, 1.82) is 0 Å². The average Bonchev–Trinajstić information content (AvgIpc) is 3.69. The predicted molar refractivity (Wildman–Crippen MR) is 148 cm³/mol. The Morgan fingerprint density at radius 3 is 1.50 bits per heavy atom. The van der Waals surface area contributed by atoms with E-state index in [1.165, 1.54) is 0 Å². The van der Waals surface area contributed by atoms with Gasteiger partial charge in [0.25, 0.3) is 0 Å². The number of epoxide rings is 1. The highest BCUT2D eigenvalue weighted by molar-refractivity contribution is 5.70. The van der Waals surface area contributed by atoms with Crippen molar-refractivity contribution < 1.29 is 90.5 Å². The number of fused-ring (bicyclic) bond motifs is 1. The number of carbonyl (C=O) groups excluding carboxylic acids is 8. The maximum Gasteiger partial charge on any atom is 0.305 e. The minimum absolute atomic E-state index is 0.575. The molecule has 0 aromatic carbocycles. The van der Waals surface area contributed by atoms with Gasteiger partial charge in [-0.25, -0.2) is 0 Å². The molecule has 3 rings (SSSR count). The second kappa shape index (κ2) is 15.7. The van der Waals surface area contributed by atoms with Crippen molar-refractivity contribution in [3.63, 3.8) is 0 Å². The normalized spacial score (nSPS) is 32.5. The van der Waals surface area contributed by atoms with Gasteiger partial charge in [0.1, 0.15) is 31.5 Å². The van der Waals surface area contributed by atoms with Crippen molar-refractivity contribution in [1.82, 2.24) is 0 Å². The van der Waals surface area contributed by atoms with Crippen molar-refractivity contribution in [2.75, 3.05) is 13.2 Å². The molecule has 0 aromatic rings. The first-order valence-electron chi connectivity index (χ1n) is 14.7. The smallest absolute Gasteiger partial charge is 0.305 e. The molecule has 0 aliphatic carbocycles. The Kier molecular flexibility index (Phi) is 12.5. The lowest BCUT2D eigenvalue weighted by molar-refractivity contribution is -0.282. The molecule has 3 aliphatic heterocycles. The molecule has 0 aromatic heterocycles. The fraction of sp³-hybridized carbons (Fsp3) is 0.724. The molecule has 0 spiro atoms. The van der Waals surface area contributed by atoms with Crippen LogP contribution in [0.3, 0.4) is 0 Å². The minimum atomic E-state index is -2.04. The number of ether oxygens (including phenoxy) is 11. The standard InChI is InChI=1S/C29H38O19/c1-11(30)38-9-19-21(40-13(3)32)22(41-14(4)33)23(42-15(5)34)24(46-19)26(44-17(7)36)29-25(43-16(6)35)20(10-39-12(2)31)47-28(27(29)48-29)45-18(8)37/h19-28H,9-10H2,1-8H3/t19-,20-,21-,22+,23-,24-,25+,26+,27+,28+,29+/m1/s1. The Hall–Kier alpha value is -4.36. The van der Waals surface area contributed by atoms with Gasteiger partial charge in [0.2, 0.25) is 6.29 Å². The SMILES string of the molecule is CC(=O)OC[C@H]1O[C@@H]([C@H](OC(C)=O)[C@]23O[C@H]2[C@@H](OC(C)=O)O[C@H](COC(C)=O)[C@@H]3OC(C)=O)[C@H](OC(C)=O)[C@@H](OC(C)=O)[C@@H]1OC(C)=O. The van der Waals surface area contributed by atoms with E-state index in [-0.39, 0.29) is 0 Å². The van der Waals surface area contributed by atoms with E-state index >= 15 is 0 Å². The fourth-order valence-electron chi connectivity index (χ4n) is 5.71. The topological polar surface area (TPSA) is 241 Å². The molecular formula is C29H38O19. The molecule has 0 N–H and O–H groups in total. The van der Waals surface area contributed by atoms with Gasteiger partial charge >= 0.3 is 47.8 Å². The van der Waals surface area contributed by atoms with Crippen LogP contribution in [0.25, 0.3) is 0 Å². The summed E-state index contributed by atoms with van der Waals surface area (Å²) in [7, 11) is 0. The van der Waals surface area contributed by atoms with E-state index in [9.17, 15) is 38.4 Å². The van der Waals surface area contributed by atoms with Crippen molar-refractivity contribution in [3.8, 4) is 0 Å². The highest BCUT2D eigenvalue weighted by atomic mass is 16.8. The van der Waals surface area contributed by atoms with Crippen LogP contribution in [0.5, 0.6) is 0 Å². The predicted octanol–water partition coefficient (Wildman–Crippen LogP) is -1.04. The van der Waals surface area contributed by atoms with Gasteiger partial charge in [-0.05, 0) is 0 Å². The van der Waals surface area contributed by atoms with Crippen molar-refractivity contribution in [2.24, 2.45) is 0 Å². The van der Waals surface area contributed by atoms with E-state index in [4.69, 9.17) is 52.1 Å². The number of carbonyl (C=O) groups is 8. The van der Waals surface area contributed by atoms with Crippen molar-refractivity contribution in [3.05, 3.63) is 0 Å². The molecule has 19 nitrogen and oxygen atoms in total. The van der Waals surface area contributed by atoms with E-state index in [1.807, 2.05) is 0 Å². The monoisotopic (exact) mass is 690 g/mol. The first-order chi connectivity index (χ1) is 22.4. The van der Waals surface area contributed by atoms with Gasteiger partial charge < -0.3 is 52.1 Å². The molecular weight excluding hydrogens is 652 g/mol. The van der Waals surface area contributed by atoms with E-state index in [1.54, 1.807) is 0 Å². The summed E-state index contributed by atoms with van der Waals surface area (Å²) in [5, 5.41) is 0. The van der Waals surface area contributed by atoms with Crippen molar-refractivity contribution >= 4 is 47.8 Å². The van der Waals surface area contributed by atoms with E-state index in [0.717, 1.165) is 55.4 Å². The van der Waals surface area contributed by atoms with E-state index in [0.29, 0.717) is 0 Å². The summed E-state index contributed by atoms with van der Waals surface area (Å²) in [6, 6.07) is 0. The highest BCUT2D eigenvalue weighted by Crippen LogP contribution is 2.55. The van der Waals surface area contributed by atoms with Crippen LogP contribution in [0.4, 0.5) is 0 Å². The third-order valence-electron chi connectivity index (χ3n) is 7.15. The number of rotatable bonds is 12. The lowest BCUT2D eigenvalue weighted by Gasteiger charge is -2.48. The summed E-state index contributed by atoms with van der Waals surface area (Å²) in [5.74, 6) is -6.99. The maximum atomic E-state index is 12.7. The van der Waals surface area contributed by atoms with Gasteiger partial charge in [0.15, 0.2) is 42.2 Å². The molecule has 0 radical (unpaired) electrons.